The highest BCUT2D eigenvalue weighted by atomic mass is 32.2. The summed E-state index contributed by atoms with van der Waals surface area (Å²) in [7, 11) is -2.35. The lowest BCUT2D eigenvalue weighted by molar-refractivity contribution is -0.141. The smallest absolute Gasteiger partial charge is 0.408 e. The van der Waals surface area contributed by atoms with Crippen molar-refractivity contribution in [3.05, 3.63) is 60.7 Å². The number of benzene rings is 2. The quantitative estimate of drug-likeness (QED) is 0.193. The number of hydrogen-bond acceptors (Lipinski definition) is 12. The van der Waals surface area contributed by atoms with E-state index in [2.05, 4.69) is 15.4 Å². The predicted octanol–water partition coefficient (Wildman–Crippen LogP) is 5.30. The number of carbonyl (C=O) groups is 4. The first kappa shape index (κ1) is 41.0. The monoisotopic (exact) mass is 842 g/mol. The fourth-order valence-corrected chi connectivity index (χ4v) is 9.33. The van der Waals surface area contributed by atoms with Crippen LogP contribution in [0.2, 0.25) is 0 Å². The zero-order valence-electron chi connectivity index (χ0n) is 34.1. The molecule has 5 atom stereocenters. The topological polar surface area (TPSA) is 208 Å². The second-order valence-corrected chi connectivity index (χ2v) is 19.0. The number of carbonyl (C=O) groups excluding carboxylic acids is 4. The van der Waals surface area contributed by atoms with Crippen LogP contribution in [0.5, 0.6) is 11.6 Å². The molecule has 3 fully saturated rings. The summed E-state index contributed by atoms with van der Waals surface area (Å²) in [6.45, 7) is 5.08. The average molecular weight is 843 g/mol. The standard InChI is InChI=1S/C43H50N6O10S/c1-42(2,3)59-41(53)44-31-14-9-7-5-6-8-12-26-23-43(26,40(52)48-60(54,55)29-20-21-29)47-37(50)32-22-28(24-49(32)39(31)51)57-38-35-34(30-13-10-11-15-33(30)58-35)45-36(46-38)25-16-18-27(56-4)19-17-25/h8,10-13,15-19,26,28-29,31-32H,5-7,9,14,20-24H2,1-4H3,(H,44,53)(H,47,50)(H,48,52)/b12-8-/t26-,28+,31-,32+,43-/m1/s1. The van der Waals surface area contributed by atoms with Crippen molar-refractivity contribution in [1.29, 1.82) is 0 Å². The number of allylic oxidation sites excluding steroid dienone is 1. The molecule has 4 aromatic rings. The lowest BCUT2D eigenvalue weighted by Gasteiger charge is -2.30. The van der Waals surface area contributed by atoms with Gasteiger partial charge in [0.1, 0.15) is 46.2 Å². The summed E-state index contributed by atoms with van der Waals surface area (Å²) < 4.78 is 51.9. The van der Waals surface area contributed by atoms with Gasteiger partial charge in [0.2, 0.25) is 27.4 Å². The van der Waals surface area contributed by atoms with Gasteiger partial charge in [-0.2, -0.15) is 4.98 Å². The minimum absolute atomic E-state index is 0.0289. The number of methoxy groups -OCH3 is 1. The van der Waals surface area contributed by atoms with E-state index in [9.17, 15) is 27.6 Å². The van der Waals surface area contributed by atoms with Crippen LogP contribution in [0.1, 0.15) is 78.6 Å². The predicted molar refractivity (Wildman–Crippen MR) is 220 cm³/mol. The highest BCUT2D eigenvalue weighted by Crippen LogP contribution is 2.46. The number of furan rings is 1. The van der Waals surface area contributed by atoms with Crippen LogP contribution < -0.4 is 24.8 Å². The molecule has 2 saturated carbocycles. The van der Waals surface area contributed by atoms with Crippen LogP contribution in [0.25, 0.3) is 33.5 Å². The maximum absolute atomic E-state index is 14.7. The Labute approximate surface area is 347 Å². The summed E-state index contributed by atoms with van der Waals surface area (Å²) >= 11 is 0. The molecule has 4 aliphatic rings. The molecule has 17 heteroatoms. The first-order chi connectivity index (χ1) is 28.6. The van der Waals surface area contributed by atoms with Gasteiger partial charge in [0, 0.05) is 23.3 Å². The molecule has 60 heavy (non-hydrogen) atoms. The van der Waals surface area contributed by atoms with Gasteiger partial charge in [0.15, 0.2) is 5.82 Å². The van der Waals surface area contributed by atoms with Gasteiger partial charge in [-0.3, -0.25) is 19.1 Å². The van der Waals surface area contributed by atoms with Crippen LogP contribution in [0, 0.1) is 5.92 Å². The Morgan fingerprint density at radius 2 is 1.77 bits per heavy atom. The van der Waals surface area contributed by atoms with Crippen molar-refractivity contribution in [3.8, 4) is 23.0 Å². The van der Waals surface area contributed by atoms with Crippen molar-refractivity contribution < 1.29 is 46.2 Å². The van der Waals surface area contributed by atoms with E-state index < -0.39 is 74.3 Å². The van der Waals surface area contributed by atoms with Gasteiger partial charge in [-0.05, 0) is 95.7 Å². The van der Waals surface area contributed by atoms with Crippen LogP contribution in [0.15, 0.2) is 65.1 Å². The molecular formula is C43H50N6O10S. The van der Waals surface area contributed by atoms with Crippen LogP contribution in [0.4, 0.5) is 4.79 Å². The van der Waals surface area contributed by atoms with Crippen LogP contribution >= 0.6 is 0 Å². The maximum Gasteiger partial charge on any atom is 0.408 e. The Kier molecular flexibility index (Phi) is 11.0. The van der Waals surface area contributed by atoms with Gasteiger partial charge in [-0.15, -0.1) is 0 Å². The number of amides is 4. The molecule has 0 bridgehead atoms. The first-order valence-corrected chi connectivity index (χ1v) is 22.0. The molecule has 2 aromatic heterocycles. The molecule has 0 spiro atoms. The van der Waals surface area contributed by atoms with Crippen LogP contribution in [-0.4, -0.2) is 95.3 Å². The summed E-state index contributed by atoms with van der Waals surface area (Å²) in [6.07, 6.45) is 6.33. The van der Waals surface area contributed by atoms with E-state index in [0.29, 0.717) is 53.9 Å². The Bertz CT molecular complexity index is 2460. The largest absolute Gasteiger partial charge is 0.497 e. The number of nitrogens with zero attached hydrogens (tertiary/aromatic N) is 3. The highest BCUT2D eigenvalue weighted by molar-refractivity contribution is 7.91. The zero-order valence-corrected chi connectivity index (χ0v) is 34.9. The number of nitrogens with one attached hydrogen (secondary N) is 3. The molecule has 8 rings (SSSR count). The van der Waals surface area contributed by atoms with E-state index in [-0.39, 0.29) is 37.3 Å². The lowest BCUT2D eigenvalue weighted by Crippen LogP contribution is -2.58. The molecule has 4 heterocycles. The third-order valence-corrected chi connectivity index (χ3v) is 13.2. The lowest BCUT2D eigenvalue weighted by atomic mass is 10.0. The second kappa shape index (κ2) is 16.0. The summed E-state index contributed by atoms with van der Waals surface area (Å²) in [5.41, 5.74) is -0.356. The van der Waals surface area contributed by atoms with E-state index in [1.54, 1.807) is 40.0 Å². The van der Waals surface area contributed by atoms with Crippen LogP contribution in [0.3, 0.4) is 0 Å². The summed E-state index contributed by atoms with van der Waals surface area (Å²) in [5.74, 6) is -1.37. The van der Waals surface area contributed by atoms with E-state index in [1.807, 2.05) is 48.6 Å². The fourth-order valence-electron chi connectivity index (χ4n) is 7.97. The van der Waals surface area contributed by atoms with Crippen molar-refractivity contribution in [2.75, 3.05) is 13.7 Å². The Morgan fingerprint density at radius 1 is 1.00 bits per heavy atom. The first-order valence-electron chi connectivity index (χ1n) is 20.5. The Morgan fingerprint density at radius 3 is 2.50 bits per heavy atom. The number of hydrogen-bond donors (Lipinski definition) is 3. The normalized spacial score (nSPS) is 25.6. The average Bonchev–Trinajstić information content (AvgIpc) is 4.11. The molecule has 3 N–H and O–H groups in total. The third kappa shape index (κ3) is 8.62. The van der Waals surface area contributed by atoms with Gasteiger partial charge < -0.3 is 34.2 Å². The summed E-state index contributed by atoms with van der Waals surface area (Å²) in [5, 5.41) is 5.73. The van der Waals surface area contributed by atoms with Gasteiger partial charge in [0.05, 0.1) is 18.9 Å². The number of alkyl carbamates (subject to hydrolysis) is 1. The van der Waals surface area contributed by atoms with Gasteiger partial charge in [-0.25, -0.2) is 18.2 Å². The van der Waals surface area contributed by atoms with Gasteiger partial charge >= 0.3 is 6.09 Å². The van der Waals surface area contributed by atoms with Crippen molar-refractivity contribution >= 4 is 55.9 Å². The van der Waals surface area contributed by atoms with Gasteiger partial charge in [-0.1, -0.05) is 37.1 Å². The highest BCUT2D eigenvalue weighted by Gasteiger charge is 2.62. The van der Waals surface area contributed by atoms with Crippen molar-refractivity contribution in [2.24, 2.45) is 5.92 Å². The zero-order chi connectivity index (χ0) is 42.4. The molecule has 16 nitrogen and oxygen atoms in total. The Balaban J connectivity index is 1.15. The number of sulfonamides is 1. The molecule has 1 saturated heterocycles. The molecule has 4 amide bonds. The maximum atomic E-state index is 14.7. The number of ether oxygens (including phenoxy) is 3. The van der Waals surface area contributed by atoms with E-state index in [0.717, 1.165) is 18.2 Å². The SMILES string of the molecule is COc1ccc(-c2nc(O[C@H]3C[C@H]4C(=O)N[C@]5(C(=O)NS(=O)(=O)C6CC6)C[C@H]5/C=C\CCCCC[C@@H](NC(=O)OC(C)(C)C)C(=O)N4C3)c3oc4ccccc4c3n2)cc1. The molecule has 0 unspecified atom stereocenters. The number of fused-ring (bicyclic) bond motifs is 5. The molecule has 2 aliphatic heterocycles. The Hall–Kier alpha value is -5.71. The van der Waals surface area contributed by atoms with Crippen molar-refractivity contribution in [2.45, 2.75) is 113 Å². The number of aromatic nitrogens is 2. The summed E-state index contributed by atoms with van der Waals surface area (Å²) in [6, 6.07) is 12.4. The second-order valence-electron chi connectivity index (χ2n) is 17.1. The molecule has 2 aliphatic carbocycles. The molecule has 2 aromatic carbocycles. The fraction of sp³-hybridized carbons (Fsp3) is 0.488. The van der Waals surface area contributed by atoms with E-state index in [1.165, 1.54) is 4.90 Å². The number of para-hydroxylation sites is 1. The molecule has 318 valence electrons. The van der Waals surface area contributed by atoms with E-state index in [4.69, 9.17) is 28.6 Å². The molecule has 0 radical (unpaired) electrons. The molecular weight excluding hydrogens is 793 g/mol. The summed E-state index contributed by atoms with van der Waals surface area (Å²) in [4.78, 5) is 67.3. The van der Waals surface area contributed by atoms with Gasteiger partial charge in [0.25, 0.3) is 11.8 Å². The van der Waals surface area contributed by atoms with Crippen molar-refractivity contribution in [1.82, 2.24) is 30.2 Å². The number of rotatable bonds is 8. The van der Waals surface area contributed by atoms with Crippen molar-refractivity contribution in [3.63, 3.8) is 0 Å². The third-order valence-electron chi connectivity index (χ3n) is 11.3. The van der Waals surface area contributed by atoms with E-state index >= 15 is 0 Å². The minimum atomic E-state index is -3.93. The van der Waals surface area contributed by atoms with Crippen LogP contribution in [-0.2, 0) is 29.1 Å². The minimum Gasteiger partial charge on any atom is -0.497 e.